The largest absolute Gasteiger partial charge is 0.378 e. The van der Waals surface area contributed by atoms with Gasteiger partial charge >= 0.3 is 0 Å². The molecule has 0 radical (unpaired) electrons. The maximum absolute atomic E-state index is 5.26. The van der Waals surface area contributed by atoms with Crippen LogP contribution >= 0.6 is 22.6 Å². The van der Waals surface area contributed by atoms with Crippen LogP contribution in [0.4, 0.5) is 5.82 Å². The van der Waals surface area contributed by atoms with E-state index in [0.29, 0.717) is 6.61 Å². The van der Waals surface area contributed by atoms with Crippen molar-refractivity contribution >= 4 is 28.4 Å². The summed E-state index contributed by atoms with van der Waals surface area (Å²) in [6, 6.07) is 6.32. The average molecular weight is 397 g/mol. The van der Waals surface area contributed by atoms with Gasteiger partial charge in [-0.05, 0) is 48.9 Å². The summed E-state index contributed by atoms with van der Waals surface area (Å²) < 4.78 is 6.28. The number of nitrogens with one attached hydrogen (secondary N) is 1. The minimum atomic E-state index is 0.483. The molecule has 1 aromatic heterocycles. The molecule has 0 amide bonds. The molecule has 0 saturated carbocycles. The Morgan fingerprint density at radius 2 is 2.00 bits per heavy atom. The number of benzene rings is 1. The molecule has 1 aromatic carbocycles. The molecular formula is C16H20IN3O. The van der Waals surface area contributed by atoms with Gasteiger partial charge in [0.15, 0.2) is 5.82 Å². The first-order valence-electron chi connectivity index (χ1n) is 6.93. The summed E-state index contributed by atoms with van der Waals surface area (Å²) in [6.07, 6.45) is 0. The van der Waals surface area contributed by atoms with Gasteiger partial charge in [0.1, 0.15) is 5.82 Å². The third-order valence-corrected chi connectivity index (χ3v) is 4.30. The number of aryl methyl sites for hydroxylation is 2. The minimum absolute atomic E-state index is 0.483. The lowest BCUT2D eigenvalue weighted by molar-refractivity contribution is 0.181. The van der Waals surface area contributed by atoms with Crippen LogP contribution in [0.5, 0.6) is 0 Å². The second-order valence-electron chi connectivity index (χ2n) is 4.94. The third kappa shape index (κ3) is 3.71. The van der Waals surface area contributed by atoms with Gasteiger partial charge in [-0.3, -0.25) is 0 Å². The van der Waals surface area contributed by atoms with Gasteiger partial charge in [0.25, 0.3) is 0 Å². The van der Waals surface area contributed by atoms with E-state index < -0.39 is 0 Å². The van der Waals surface area contributed by atoms with Crippen molar-refractivity contribution in [1.82, 2.24) is 9.97 Å². The molecule has 0 spiro atoms. The van der Waals surface area contributed by atoms with Crippen molar-refractivity contribution in [2.75, 3.05) is 19.0 Å². The first-order chi connectivity index (χ1) is 10.1. The van der Waals surface area contributed by atoms with Crippen LogP contribution in [0.2, 0.25) is 0 Å². The lowest BCUT2D eigenvalue weighted by atomic mass is 10.1. The van der Waals surface area contributed by atoms with Crippen LogP contribution in [0.3, 0.4) is 0 Å². The topological polar surface area (TPSA) is 47.0 Å². The first-order valence-corrected chi connectivity index (χ1v) is 8.01. The molecule has 0 saturated heterocycles. The number of ether oxygens (including phenoxy) is 1. The number of aromatic nitrogens is 2. The Labute approximate surface area is 139 Å². The van der Waals surface area contributed by atoms with Crippen LogP contribution in [0, 0.1) is 17.4 Å². The normalized spacial score (nSPS) is 10.7. The van der Waals surface area contributed by atoms with Crippen molar-refractivity contribution in [2.45, 2.75) is 27.4 Å². The molecule has 112 valence electrons. The molecule has 1 heterocycles. The highest BCUT2D eigenvalue weighted by atomic mass is 127. The Kier molecular flexibility index (Phi) is 5.52. The van der Waals surface area contributed by atoms with Crippen LogP contribution in [-0.4, -0.2) is 23.6 Å². The number of anilines is 1. The lowest BCUT2D eigenvalue weighted by Gasteiger charge is -2.13. The Hall–Kier alpha value is -1.21. The predicted octanol–water partition coefficient (Wildman–Crippen LogP) is 3.94. The molecule has 0 aliphatic rings. The molecule has 4 nitrogen and oxygen atoms in total. The van der Waals surface area contributed by atoms with Crippen molar-refractivity contribution in [2.24, 2.45) is 0 Å². The number of methoxy groups -OCH3 is 1. The molecule has 1 N–H and O–H groups in total. The SMILES string of the molecule is CCNc1nc(-c2ccc(C)cc2C)nc(COC)c1I. The quantitative estimate of drug-likeness (QED) is 0.777. The summed E-state index contributed by atoms with van der Waals surface area (Å²) in [5.41, 5.74) is 4.40. The molecule has 0 atom stereocenters. The van der Waals surface area contributed by atoms with E-state index in [1.54, 1.807) is 7.11 Å². The molecule has 2 rings (SSSR count). The molecule has 21 heavy (non-hydrogen) atoms. The highest BCUT2D eigenvalue weighted by Crippen LogP contribution is 2.26. The molecule has 5 heteroatoms. The predicted molar refractivity (Wildman–Crippen MR) is 94.5 cm³/mol. The van der Waals surface area contributed by atoms with Crippen molar-refractivity contribution in [1.29, 1.82) is 0 Å². The second-order valence-corrected chi connectivity index (χ2v) is 6.02. The smallest absolute Gasteiger partial charge is 0.162 e. The molecule has 0 unspecified atom stereocenters. The summed E-state index contributed by atoms with van der Waals surface area (Å²) >= 11 is 2.27. The van der Waals surface area contributed by atoms with Crippen molar-refractivity contribution in [3.8, 4) is 11.4 Å². The number of nitrogens with zero attached hydrogens (tertiary/aromatic N) is 2. The standard InChI is InChI=1S/C16H20IN3O/c1-5-18-16-14(17)13(9-21-4)19-15(20-16)12-7-6-10(2)8-11(12)3/h6-8H,5,9H2,1-4H3,(H,18,19,20). The molecule has 0 aliphatic heterocycles. The Bertz CT molecular complexity index is 616. The second kappa shape index (κ2) is 7.17. The van der Waals surface area contributed by atoms with E-state index in [-0.39, 0.29) is 0 Å². The summed E-state index contributed by atoms with van der Waals surface area (Å²) in [5, 5.41) is 3.30. The van der Waals surface area contributed by atoms with Crippen molar-refractivity contribution in [3.05, 3.63) is 38.6 Å². The fourth-order valence-corrected chi connectivity index (χ4v) is 2.78. The maximum Gasteiger partial charge on any atom is 0.162 e. The Balaban J connectivity index is 2.56. The van der Waals surface area contributed by atoms with E-state index in [1.807, 2.05) is 0 Å². The van der Waals surface area contributed by atoms with Gasteiger partial charge in [-0.1, -0.05) is 23.8 Å². The van der Waals surface area contributed by atoms with Gasteiger partial charge < -0.3 is 10.1 Å². The highest BCUT2D eigenvalue weighted by molar-refractivity contribution is 14.1. The number of halogens is 1. The Morgan fingerprint density at radius 3 is 2.62 bits per heavy atom. The molecule has 0 aliphatic carbocycles. The number of rotatable bonds is 5. The zero-order chi connectivity index (χ0) is 15.4. The third-order valence-electron chi connectivity index (χ3n) is 3.17. The van der Waals surface area contributed by atoms with Crippen LogP contribution in [-0.2, 0) is 11.3 Å². The van der Waals surface area contributed by atoms with E-state index in [4.69, 9.17) is 4.74 Å². The van der Waals surface area contributed by atoms with E-state index in [9.17, 15) is 0 Å². The molecular weight excluding hydrogens is 377 g/mol. The monoisotopic (exact) mass is 397 g/mol. The van der Waals surface area contributed by atoms with Gasteiger partial charge in [-0.2, -0.15) is 0 Å². The molecule has 0 fully saturated rings. The maximum atomic E-state index is 5.26. The van der Waals surface area contributed by atoms with Gasteiger partial charge in [0.05, 0.1) is 15.9 Å². The van der Waals surface area contributed by atoms with Crippen molar-refractivity contribution < 1.29 is 4.74 Å². The van der Waals surface area contributed by atoms with E-state index >= 15 is 0 Å². The van der Waals surface area contributed by atoms with E-state index in [0.717, 1.165) is 33.0 Å². The van der Waals surface area contributed by atoms with E-state index in [2.05, 4.69) is 76.8 Å². The van der Waals surface area contributed by atoms with Crippen LogP contribution in [0.1, 0.15) is 23.7 Å². The Morgan fingerprint density at radius 1 is 1.24 bits per heavy atom. The fraction of sp³-hybridized carbons (Fsp3) is 0.375. The van der Waals surface area contributed by atoms with Gasteiger partial charge in [0, 0.05) is 19.2 Å². The van der Waals surface area contributed by atoms with Gasteiger partial charge in [-0.15, -0.1) is 0 Å². The summed E-state index contributed by atoms with van der Waals surface area (Å²) in [5.74, 6) is 1.62. The van der Waals surface area contributed by atoms with Crippen LogP contribution < -0.4 is 5.32 Å². The van der Waals surface area contributed by atoms with Gasteiger partial charge in [-0.25, -0.2) is 9.97 Å². The zero-order valence-corrected chi connectivity index (χ0v) is 15.0. The molecule has 0 bridgehead atoms. The highest BCUT2D eigenvalue weighted by Gasteiger charge is 2.14. The number of hydrogen-bond donors (Lipinski definition) is 1. The minimum Gasteiger partial charge on any atom is -0.378 e. The summed E-state index contributed by atoms with van der Waals surface area (Å²) in [7, 11) is 1.68. The first kappa shape index (κ1) is 16.2. The van der Waals surface area contributed by atoms with E-state index in [1.165, 1.54) is 11.1 Å². The fourth-order valence-electron chi connectivity index (χ4n) is 2.20. The van der Waals surface area contributed by atoms with Crippen LogP contribution in [0.25, 0.3) is 11.4 Å². The van der Waals surface area contributed by atoms with Gasteiger partial charge in [0.2, 0.25) is 0 Å². The zero-order valence-electron chi connectivity index (χ0n) is 12.8. The summed E-state index contributed by atoms with van der Waals surface area (Å²) in [6.45, 7) is 7.55. The lowest BCUT2D eigenvalue weighted by Crippen LogP contribution is -2.09. The summed E-state index contributed by atoms with van der Waals surface area (Å²) in [4.78, 5) is 9.36. The number of hydrogen-bond acceptors (Lipinski definition) is 4. The van der Waals surface area contributed by atoms with Crippen LogP contribution in [0.15, 0.2) is 18.2 Å². The average Bonchev–Trinajstić information content (AvgIpc) is 2.43. The molecule has 2 aromatic rings. The van der Waals surface area contributed by atoms with Crippen molar-refractivity contribution in [3.63, 3.8) is 0 Å².